The van der Waals surface area contributed by atoms with Gasteiger partial charge in [-0.05, 0) is 220 Å². The molecule has 8 fully saturated rings. The zero-order valence-corrected chi connectivity index (χ0v) is 47.8. The summed E-state index contributed by atoms with van der Waals surface area (Å²) in [4.78, 5) is 63.8. The van der Waals surface area contributed by atoms with E-state index in [4.69, 9.17) is 26.2 Å². The van der Waals surface area contributed by atoms with E-state index in [1.54, 1.807) is 0 Å². The number of rotatable bonds is 22. The van der Waals surface area contributed by atoms with Crippen LogP contribution in [0, 0.1) is 98.6 Å². The smallest absolute Gasteiger partial charge is 0.308 e. The van der Waals surface area contributed by atoms with Crippen LogP contribution >= 0.6 is 6.49 Å². The second-order valence-electron chi connectivity index (χ2n) is 27.4. The second-order valence-corrected chi connectivity index (χ2v) is 30.9. The molecule has 8 saturated carbocycles. The van der Waals surface area contributed by atoms with Gasteiger partial charge in [0.15, 0.2) is 0 Å². The fraction of sp³-hybridized carbons (Fsp3) is 0.932. The van der Waals surface area contributed by atoms with Crippen LogP contribution in [-0.4, -0.2) is 104 Å². The summed E-state index contributed by atoms with van der Waals surface area (Å²) in [6.45, 7) is 10.9. The molecule has 0 radical (unpaired) electrons. The summed E-state index contributed by atoms with van der Waals surface area (Å²) >= 11 is 4.80. The fourth-order valence-electron chi connectivity index (χ4n) is 19.7. The first-order chi connectivity index (χ1) is 34.9. The molecular formula is C59H98NO12PS. The number of aliphatic hydroxyl groups is 5. The maximum atomic E-state index is 14.1. The van der Waals surface area contributed by atoms with E-state index in [0.29, 0.717) is 86.0 Å². The molecule has 0 saturated heterocycles. The Kier molecular flexibility index (Phi) is 18.9. The number of carbonyl (C=O) groups is 4. The third-order valence-electron chi connectivity index (χ3n) is 23.5. The number of hydrogen-bond donors (Lipinski definition) is 7. The lowest BCUT2D eigenvalue weighted by atomic mass is 9.43. The SMILES string of the molecule is C[C@H](CC(=O)CC(CCCCNC(=O)C[C@@H](C)C1CCC2C3C(O)CC4C[C@H](O)CC[C@]4(C)C3CC[C@@]21C)C(=O)CCOC(=O)CCOP(O)(=S)CO)C1CCC2C3C(O)CC4C[C@H](O)CC[C@]4(C)C3CC[C@@]21C. The van der Waals surface area contributed by atoms with Gasteiger partial charge in [0.1, 0.15) is 17.9 Å². The number of nitrogens with one attached hydrogen (secondary N) is 1. The number of hydrogen-bond acceptors (Lipinski definition) is 12. The predicted octanol–water partition coefficient (Wildman–Crippen LogP) is 9.04. The van der Waals surface area contributed by atoms with Crippen molar-refractivity contribution in [3.8, 4) is 0 Å². The number of ether oxygens (including phenoxy) is 1. The highest BCUT2D eigenvalue weighted by atomic mass is 32.5. The van der Waals surface area contributed by atoms with Gasteiger partial charge in [0.2, 0.25) is 12.4 Å². The van der Waals surface area contributed by atoms with E-state index in [9.17, 15) is 44.5 Å². The van der Waals surface area contributed by atoms with Gasteiger partial charge in [-0.1, -0.05) is 48.0 Å². The third kappa shape index (κ3) is 12.0. The molecule has 0 spiro atoms. The molecule has 15 heteroatoms. The number of carbonyl (C=O) groups excluding carboxylic acids is 4. The van der Waals surface area contributed by atoms with Crippen molar-refractivity contribution < 1.29 is 58.9 Å². The van der Waals surface area contributed by atoms with Gasteiger partial charge in [-0.25, -0.2) is 0 Å². The third-order valence-corrected chi connectivity index (χ3v) is 25.1. The maximum Gasteiger partial charge on any atom is 0.308 e. The van der Waals surface area contributed by atoms with Gasteiger partial charge in [-0.2, -0.15) is 0 Å². The molecule has 0 heterocycles. The lowest BCUT2D eigenvalue weighted by Crippen LogP contribution is -2.58. The number of Topliss-reactive ketones (excluding diaryl/α,β-unsaturated/α-hetero) is 2. The highest BCUT2D eigenvalue weighted by Gasteiger charge is 2.65. The van der Waals surface area contributed by atoms with Crippen molar-refractivity contribution >= 4 is 41.7 Å². The molecule has 7 N–H and O–H groups in total. The Bertz CT molecular complexity index is 2040. The maximum absolute atomic E-state index is 14.1. The second kappa shape index (κ2) is 23.8. The van der Waals surface area contributed by atoms with Crippen molar-refractivity contribution in [1.82, 2.24) is 5.32 Å². The minimum absolute atomic E-state index is 0.0228. The lowest BCUT2D eigenvalue weighted by Gasteiger charge is -2.62. The summed E-state index contributed by atoms with van der Waals surface area (Å²) < 4.78 is 10.4. The van der Waals surface area contributed by atoms with Crippen molar-refractivity contribution in [2.24, 2.45) is 98.6 Å². The summed E-state index contributed by atoms with van der Waals surface area (Å²) in [6.07, 6.45) is 16.2. The summed E-state index contributed by atoms with van der Waals surface area (Å²) in [5.41, 5.74) is 0.431. The summed E-state index contributed by atoms with van der Waals surface area (Å²) in [5.74, 6) is 2.91. The van der Waals surface area contributed by atoms with Crippen LogP contribution in [0.4, 0.5) is 0 Å². The molecule has 0 aromatic rings. The topological polar surface area (TPSA) is 220 Å². The predicted molar refractivity (Wildman–Crippen MR) is 288 cm³/mol. The van der Waals surface area contributed by atoms with Crippen LogP contribution in [0.1, 0.15) is 196 Å². The highest BCUT2D eigenvalue weighted by molar-refractivity contribution is 8.09. The average Bonchev–Trinajstić information content (AvgIpc) is 3.89. The van der Waals surface area contributed by atoms with Gasteiger partial charge < -0.3 is 45.0 Å². The van der Waals surface area contributed by atoms with Crippen LogP contribution in [0.3, 0.4) is 0 Å². The number of amides is 1. The molecule has 422 valence electrons. The molecular weight excluding hydrogens is 978 g/mol. The van der Waals surface area contributed by atoms with E-state index in [-0.39, 0.29) is 120 Å². The Hall–Kier alpha value is -1.35. The van der Waals surface area contributed by atoms with Crippen molar-refractivity contribution in [1.29, 1.82) is 0 Å². The Morgan fingerprint density at radius 3 is 1.66 bits per heavy atom. The summed E-state index contributed by atoms with van der Waals surface area (Å²) in [6, 6.07) is 0. The molecule has 8 aliphatic carbocycles. The molecule has 13 nitrogen and oxygen atoms in total. The fourth-order valence-corrected chi connectivity index (χ4v) is 20.4. The lowest BCUT2D eigenvalue weighted by molar-refractivity contribution is -0.174. The zero-order valence-electron chi connectivity index (χ0n) is 46.1. The summed E-state index contributed by atoms with van der Waals surface area (Å²) in [5, 5.41) is 56.8. The molecule has 22 atom stereocenters. The molecule has 0 aromatic carbocycles. The Morgan fingerprint density at radius 1 is 0.635 bits per heavy atom. The normalized spacial score (nSPS) is 43.4. The molecule has 0 bridgehead atoms. The van der Waals surface area contributed by atoms with Gasteiger partial charge in [0, 0.05) is 38.1 Å². The number of esters is 1. The standard InChI is InChI=1S/C59H98NO12PS/c1-35(43-10-12-45-54-47(16-22-58(43,45)5)56(3)20-14-40(62)30-38(56)32-50(54)66)27-42(64)29-37(49(65)18-25-71-53(69)19-26-72-73(70,74)34-61)9-7-8-24-60-52(68)28-36(2)44-11-13-46-55-48(17-23-59(44,46)6)57(4)21-15-41(63)31-39(57)33-51(55)67/h35-41,43-48,50-51,54-55,61-63,66-67H,7-34H2,1-6H3,(H,60,68)(H,70,74)/t35-,36-,37?,38?,39?,40-,41-,43?,44?,45?,46?,47?,48?,50?,51?,54?,55?,56+,57+,58-,59-,73?/m1/s1. The van der Waals surface area contributed by atoms with E-state index in [1.165, 1.54) is 0 Å². The van der Waals surface area contributed by atoms with E-state index < -0.39 is 24.7 Å². The van der Waals surface area contributed by atoms with E-state index >= 15 is 0 Å². The number of ketones is 2. The van der Waals surface area contributed by atoms with Gasteiger partial charge in [0.25, 0.3) is 0 Å². The number of unbranched alkanes of at least 4 members (excludes halogenated alkanes) is 1. The zero-order chi connectivity index (χ0) is 53.5. The largest absolute Gasteiger partial charge is 0.465 e. The van der Waals surface area contributed by atoms with Gasteiger partial charge in [-0.15, -0.1) is 0 Å². The average molecular weight is 1080 g/mol. The van der Waals surface area contributed by atoms with Crippen molar-refractivity contribution in [2.45, 2.75) is 220 Å². The summed E-state index contributed by atoms with van der Waals surface area (Å²) in [7, 11) is 0. The molecule has 0 aliphatic heterocycles. The first-order valence-electron chi connectivity index (χ1n) is 29.7. The highest BCUT2D eigenvalue weighted by Crippen LogP contribution is 2.70. The van der Waals surface area contributed by atoms with E-state index in [1.807, 2.05) is 0 Å². The van der Waals surface area contributed by atoms with E-state index in [0.717, 1.165) is 103 Å². The minimum atomic E-state index is -3.35. The first kappa shape index (κ1) is 58.8. The Balaban J connectivity index is 0.824. The van der Waals surface area contributed by atoms with E-state index in [2.05, 4.69) is 46.9 Å². The van der Waals surface area contributed by atoms with Crippen LogP contribution in [-0.2, 0) is 40.2 Å². The Labute approximate surface area is 448 Å². The van der Waals surface area contributed by atoms with Crippen molar-refractivity contribution in [2.75, 3.05) is 26.1 Å². The Morgan fingerprint density at radius 2 is 1.14 bits per heavy atom. The quantitative estimate of drug-likeness (QED) is 0.0306. The molecule has 14 unspecified atom stereocenters. The molecule has 0 aromatic heterocycles. The van der Waals surface area contributed by atoms with Crippen LogP contribution in [0.5, 0.6) is 0 Å². The van der Waals surface area contributed by atoms with Crippen LogP contribution < -0.4 is 5.32 Å². The number of fused-ring (bicyclic) bond motifs is 10. The minimum Gasteiger partial charge on any atom is -0.465 e. The van der Waals surface area contributed by atoms with Gasteiger partial charge in [0.05, 0.1) is 44.1 Å². The van der Waals surface area contributed by atoms with Crippen LogP contribution in [0.25, 0.3) is 0 Å². The van der Waals surface area contributed by atoms with Crippen LogP contribution in [0.2, 0.25) is 0 Å². The molecule has 1 amide bonds. The first-order valence-corrected chi connectivity index (χ1v) is 32.6. The van der Waals surface area contributed by atoms with Crippen LogP contribution in [0.15, 0.2) is 0 Å². The molecule has 8 aliphatic rings. The monoisotopic (exact) mass is 1080 g/mol. The molecule has 74 heavy (non-hydrogen) atoms. The molecule has 8 rings (SSSR count). The van der Waals surface area contributed by atoms with Crippen molar-refractivity contribution in [3.63, 3.8) is 0 Å². The van der Waals surface area contributed by atoms with Gasteiger partial charge >= 0.3 is 5.97 Å². The van der Waals surface area contributed by atoms with Crippen molar-refractivity contribution in [3.05, 3.63) is 0 Å². The van der Waals surface area contributed by atoms with Gasteiger partial charge in [-0.3, -0.25) is 19.2 Å². The number of aliphatic hydroxyl groups excluding tert-OH is 5.